The van der Waals surface area contributed by atoms with Gasteiger partial charge in [0.1, 0.15) is 0 Å². The second kappa shape index (κ2) is 7.09. The summed E-state index contributed by atoms with van der Waals surface area (Å²) in [6, 6.07) is 0. The van der Waals surface area contributed by atoms with Crippen LogP contribution >= 0.6 is 11.6 Å². The maximum absolute atomic E-state index is 6.25. The van der Waals surface area contributed by atoms with Crippen molar-refractivity contribution in [2.75, 3.05) is 39.4 Å². The Kier molecular flexibility index (Phi) is 5.74. The van der Waals surface area contributed by atoms with Gasteiger partial charge in [-0.05, 0) is 38.0 Å². The van der Waals surface area contributed by atoms with Crippen molar-refractivity contribution in [3.8, 4) is 0 Å². The van der Waals surface area contributed by atoms with Crippen molar-refractivity contribution in [3.63, 3.8) is 0 Å². The Bertz CT molecular complexity index is 245. The monoisotopic (exact) mass is 276 g/mol. The third-order valence-electron chi connectivity index (χ3n) is 4.21. The van der Waals surface area contributed by atoms with Crippen LogP contribution in [0.5, 0.6) is 0 Å². The number of hydrogen-bond acceptors (Lipinski definition) is 3. The lowest BCUT2D eigenvalue weighted by Gasteiger charge is -2.32. The zero-order chi connectivity index (χ0) is 12.8. The Balaban J connectivity index is 1.70. The first kappa shape index (κ1) is 14.6. The SMILES string of the molecule is COCCOCCCC1(CCl)CCOC1C1CC1. The largest absolute Gasteiger partial charge is 0.382 e. The molecule has 3 nitrogen and oxygen atoms in total. The quantitative estimate of drug-likeness (QED) is 0.479. The molecule has 0 aromatic heterocycles. The van der Waals surface area contributed by atoms with Crippen molar-refractivity contribution in [3.05, 3.63) is 0 Å². The van der Waals surface area contributed by atoms with E-state index in [1.54, 1.807) is 7.11 Å². The number of hydrogen-bond donors (Lipinski definition) is 0. The Morgan fingerprint density at radius 3 is 2.78 bits per heavy atom. The molecule has 0 radical (unpaired) electrons. The summed E-state index contributed by atoms with van der Waals surface area (Å²) in [4.78, 5) is 0. The molecule has 2 aliphatic rings. The van der Waals surface area contributed by atoms with Crippen LogP contribution in [-0.2, 0) is 14.2 Å². The topological polar surface area (TPSA) is 27.7 Å². The van der Waals surface area contributed by atoms with Gasteiger partial charge in [0.25, 0.3) is 0 Å². The molecule has 0 aromatic rings. The van der Waals surface area contributed by atoms with E-state index in [2.05, 4.69) is 0 Å². The van der Waals surface area contributed by atoms with Gasteiger partial charge in [-0.25, -0.2) is 0 Å². The molecule has 106 valence electrons. The van der Waals surface area contributed by atoms with Gasteiger partial charge in [-0.2, -0.15) is 0 Å². The van der Waals surface area contributed by atoms with Crippen molar-refractivity contribution >= 4 is 11.6 Å². The Morgan fingerprint density at radius 2 is 2.11 bits per heavy atom. The smallest absolute Gasteiger partial charge is 0.0700 e. The molecule has 0 aromatic carbocycles. The third-order valence-corrected chi connectivity index (χ3v) is 4.74. The number of methoxy groups -OCH3 is 1. The Morgan fingerprint density at radius 1 is 1.28 bits per heavy atom. The van der Waals surface area contributed by atoms with Gasteiger partial charge in [0.05, 0.1) is 19.3 Å². The molecule has 0 amide bonds. The Hall–Kier alpha value is 0.170. The van der Waals surface area contributed by atoms with Gasteiger partial charge in [0.15, 0.2) is 0 Å². The minimum absolute atomic E-state index is 0.216. The molecule has 0 spiro atoms. The van der Waals surface area contributed by atoms with Crippen molar-refractivity contribution in [2.24, 2.45) is 11.3 Å². The summed E-state index contributed by atoms with van der Waals surface area (Å²) >= 11 is 6.25. The molecular formula is C14H25ClO3. The minimum atomic E-state index is 0.216. The highest BCUT2D eigenvalue weighted by Gasteiger charge is 2.49. The van der Waals surface area contributed by atoms with Crippen molar-refractivity contribution in [1.82, 2.24) is 0 Å². The van der Waals surface area contributed by atoms with Gasteiger partial charge in [0, 0.05) is 31.6 Å². The summed E-state index contributed by atoms with van der Waals surface area (Å²) in [6.07, 6.45) is 6.39. The lowest BCUT2D eigenvalue weighted by atomic mass is 9.77. The van der Waals surface area contributed by atoms with Crippen LogP contribution in [0.4, 0.5) is 0 Å². The van der Waals surface area contributed by atoms with Gasteiger partial charge in [0.2, 0.25) is 0 Å². The molecule has 0 N–H and O–H groups in total. The molecule has 1 saturated carbocycles. The molecule has 4 heteroatoms. The lowest BCUT2D eigenvalue weighted by Crippen LogP contribution is -2.34. The first-order valence-electron chi connectivity index (χ1n) is 7.07. The summed E-state index contributed by atoms with van der Waals surface area (Å²) in [5.41, 5.74) is 0.216. The average molecular weight is 277 g/mol. The molecule has 2 atom stereocenters. The van der Waals surface area contributed by atoms with Crippen LogP contribution in [0.1, 0.15) is 32.1 Å². The summed E-state index contributed by atoms with van der Waals surface area (Å²) in [5, 5.41) is 0. The Labute approximate surface area is 115 Å². The molecule has 2 unspecified atom stereocenters. The number of halogens is 1. The van der Waals surface area contributed by atoms with Gasteiger partial charge in [-0.1, -0.05) is 0 Å². The van der Waals surface area contributed by atoms with Gasteiger partial charge < -0.3 is 14.2 Å². The van der Waals surface area contributed by atoms with Crippen molar-refractivity contribution in [2.45, 2.75) is 38.2 Å². The summed E-state index contributed by atoms with van der Waals surface area (Å²) in [7, 11) is 1.70. The van der Waals surface area contributed by atoms with E-state index in [-0.39, 0.29) is 5.41 Å². The lowest BCUT2D eigenvalue weighted by molar-refractivity contribution is 0.0267. The van der Waals surface area contributed by atoms with E-state index in [9.17, 15) is 0 Å². The van der Waals surface area contributed by atoms with E-state index in [4.69, 9.17) is 25.8 Å². The second-order valence-electron chi connectivity index (χ2n) is 5.58. The molecule has 2 rings (SSSR count). The van der Waals surface area contributed by atoms with Crippen LogP contribution in [0.2, 0.25) is 0 Å². The van der Waals surface area contributed by atoms with E-state index in [0.29, 0.717) is 19.3 Å². The fourth-order valence-corrected chi connectivity index (χ4v) is 3.41. The van der Waals surface area contributed by atoms with Crippen LogP contribution in [0.25, 0.3) is 0 Å². The van der Waals surface area contributed by atoms with Gasteiger partial charge in [-0.15, -0.1) is 11.6 Å². The molecule has 1 saturated heterocycles. The molecule has 1 aliphatic carbocycles. The number of alkyl halides is 1. The minimum Gasteiger partial charge on any atom is -0.382 e. The molecule has 1 heterocycles. The summed E-state index contributed by atoms with van der Waals surface area (Å²) in [5.74, 6) is 1.51. The van der Waals surface area contributed by atoms with E-state index in [1.807, 2.05) is 0 Å². The highest BCUT2D eigenvalue weighted by atomic mass is 35.5. The van der Waals surface area contributed by atoms with Gasteiger partial charge in [-0.3, -0.25) is 0 Å². The standard InChI is InChI=1S/C14H25ClO3/c1-16-9-10-17-7-2-5-14(11-15)6-8-18-13(14)12-3-4-12/h12-13H,2-11H2,1H3. The fourth-order valence-electron chi connectivity index (χ4n) is 2.99. The molecule has 0 bridgehead atoms. The van der Waals surface area contributed by atoms with Crippen LogP contribution in [0.15, 0.2) is 0 Å². The predicted octanol–water partition coefficient (Wildman–Crippen LogP) is 2.85. The summed E-state index contributed by atoms with van der Waals surface area (Å²) < 4.78 is 16.4. The highest BCUT2D eigenvalue weighted by Crippen LogP contribution is 2.50. The predicted molar refractivity (Wildman–Crippen MR) is 72.2 cm³/mol. The van der Waals surface area contributed by atoms with Crippen molar-refractivity contribution < 1.29 is 14.2 Å². The van der Waals surface area contributed by atoms with Crippen LogP contribution in [0.3, 0.4) is 0 Å². The second-order valence-corrected chi connectivity index (χ2v) is 5.85. The van der Waals surface area contributed by atoms with Crippen LogP contribution < -0.4 is 0 Å². The highest BCUT2D eigenvalue weighted by molar-refractivity contribution is 6.18. The molecule has 2 fully saturated rings. The van der Waals surface area contributed by atoms with E-state index < -0.39 is 0 Å². The summed E-state index contributed by atoms with van der Waals surface area (Å²) in [6.45, 7) is 3.05. The van der Waals surface area contributed by atoms with E-state index in [0.717, 1.165) is 44.3 Å². The maximum Gasteiger partial charge on any atom is 0.0700 e. The molecule has 1 aliphatic heterocycles. The average Bonchev–Trinajstić information content (AvgIpc) is 3.15. The first-order valence-corrected chi connectivity index (χ1v) is 7.60. The molecule has 18 heavy (non-hydrogen) atoms. The normalized spacial score (nSPS) is 32.0. The van der Waals surface area contributed by atoms with Gasteiger partial charge >= 0.3 is 0 Å². The van der Waals surface area contributed by atoms with Crippen LogP contribution in [-0.4, -0.2) is 45.5 Å². The number of rotatable bonds is 9. The third kappa shape index (κ3) is 3.60. The zero-order valence-corrected chi connectivity index (χ0v) is 12.1. The van der Waals surface area contributed by atoms with Crippen molar-refractivity contribution in [1.29, 1.82) is 0 Å². The zero-order valence-electron chi connectivity index (χ0n) is 11.3. The first-order chi connectivity index (χ1) is 8.82. The van der Waals surface area contributed by atoms with Crippen LogP contribution in [0, 0.1) is 11.3 Å². The molecular weight excluding hydrogens is 252 g/mol. The van der Waals surface area contributed by atoms with E-state index in [1.165, 1.54) is 12.8 Å². The van der Waals surface area contributed by atoms with E-state index >= 15 is 0 Å². The fraction of sp³-hybridized carbons (Fsp3) is 1.00. The number of ether oxygens (including phenoxy) is 3. The maximum atomic E-state index is 6.25.